The number of hydrogen-bond donors (Lipinski definition) is 6. The number of H-pyrrole nitrogens is 1. The summed E-state index contributed by atoms with van der Waals surface area (Å²) in [4.78, 5) is 53.6. The molecule has 1 heterocycles. The fourth-order valence-electron chi connectivity index (χ4n) is 7.83. The third kappa shape index (κ3) is 10.3. The monoisotopic (exact) mass is 767 g/mol. The molecule has 0 spiro atoms. The molecule has 2 saturated carbocycles. The minimum absolute atomic E-state index is 0.0661. The number of aromatic amines is 1. The number of amides is 4. The van der Waals surface area contributed by atoms with Crippen LogP contribution >= 0.6 is 0 Å². The molecule has 0 unspecified atom stereocenters. The molecule has 0 bridgehead atoms. The van der Waals surface area contributed by atoms with Crippen LogP contribution in [0.25, 0.3) is 22.5 Å². The molecule has 296 valence electrons. The quantitative estimate of drug-likeness (QED) is 0.104. The van der Waals surface area contributed by atoms with Crippen molar-refractivity contribution in [2.24, 2.45) is 11.8 Å². The van der Waals surface area contributed by atoms with Crippen molar-refractivity contribution in [3.8, 4) is 22.5 Å². The van der Waals surface area contributed by atoms with Gasteiger partial charge >= 0.3 is 6.09 Å². The molecule has 2 aliphatic rings. The first-order chi connectivity index (χ1) is 26.9. The lowest BCUT2D eigenvalue weighted by atomic mass is 9.81. The summed E-state index contributed by atoms with van der Waals surface area (Å²) in [5.74, 6) is -1.59. The molecule has 0 saturated heterocycles. The van der Waals surface area contributed by atoms with Crippen molar-refractivity contribution in [3.05, 3.63) is 83.2 Å². The molecule has 6 rings (SSSR count). The second-order valence-electron chi connectivity index (χ2n) is 15.3. The Hall–Kier alpha value is -5.70. The Balaban J connectivity index is 1.12. The lowest BCUT2D eigenvalue weighted by molar-refractivity contribution is -0.130. The van der Waals surface area contributed by atoms with E-state index in [0.717, 1.165) is 54.0 Å². The van der Waals surface area contributed by atoms with E-state index in [2.05, 4.69) is 60.9 Å². The number of nitrogens with zero attached hydrogens (tertiary/aromatic N) is 4. The molecule has 2 aliphatic carbocycles. The number of carbonyl (C=O) groups is 4. The van der Waals surface area contributed by atoms with Crippen molar-refractivity contribution in [1.29, 1.82) is 0 Å². The minimum Gasteiger partial charge on any atom is -0.465 e. The first-order valence-electron chi connectivity index (χ1n) is 19.2. The van der Waals surface area contributed by atoms with Gasteiger partial charge in [-0.3, -0.25) is 14.4 Å². The molecule has 6 N–H and O–H groups in total. The van der Waals surface area contributed by atoms with Crippen molar-refractivity contribution in [1.82, 2.24) is 41.5 Å². The van der Waals surface area contributed by atoms with E-state index in [1.165, 1.54) is 12.1 Å². The molecule has 3 aromatic carbocycles. The van der Waals surface area contributed by atoms with E-state index in [4.69, 9.17) is 5.11 Å². The summed E-state index contributed by atoms with van der Waals surface area (Å²) in [5.41, 5.74) is 4.61. The number of nitrogens with one attached hydrogen (secondary N) is 5. The summed E-state index contributed by atoms with van der Waals surface area (Å²) in [5, 5.41) is 33.7. The number of hydrogen-bond acceptors (Lipinski definition) is 8. The Bertz CT molecular complexity index is 1990. The molecule has 15 heteroatoms. The molecular formula is C41H50FN9O5. The predicted octanol–water partition coefficient (Wildman–Crippen LogP) is 5.32. The molecular weight excluding hydrogens is 718 g/mol. The van der Waals surface area contributed by atoms with Gasteiger partial charge in [-0.15, -0.1) is 10.2 Å². The van der Waals surface area contributed by atoms with Crippen molar-refractivity contribution >= 4 is 29.5 Å². The standard InChI is InChI=1S/C41H50FN9O5/c1-24-20-29(39(53)44-30-13-16-32(17-14-30)51(2)3)12-18-33(24)27-8-4-25(5-9-27)21-36(46-38(52)28-10-6-26(7-11-28)23-43-41(55)56)40(54)45-31-15-19-34(35(42)22-31)37-47-49-50-48-37/h4-5,8-9,12,15,18-20,22,26,28,30,32,36,43H,6-7,10-11,13-14,16-17,21,23H2,1-3H3,(H,44,53)(H,45,54)(H,46,52)(H,55,56)(H,47,48,49,50)/t26-,28-,30?,32?,36-/m0/s1. The van der Waals surface area contributed by atoms with Crippen LogP contribution in [0.4, 0.5) is 14.9 Å². The molecule has 14 nitrogen and oxygen atoms in total. The smallest absolute Gasteiger partial charge is 0.404 e. The highest BCUT2D eigenvalue weighted by Gasteiger charge is 2.30. The summed E-state index contributed by atoms with van der Waals surface area (Å²) in [6.07, 6.45) is 5.68. The fourth-order valence-corrected chi connectivity index (χ4v) is 7.83. The van der Waals surface area contributed by atoms with Gasteiger partial charge in [-0.25, -0.2) is 9.18 Å². The third-order valence-corrected chi connectivity index (χ3v) is 11.2. The largest absolute Gasteiger partial charge is 0.465 e. The molecule has 1 aromatic heterocycles. The highest BCUT2D eigenvalue weighted by atomic mass is 19.1. The normalized spacial score (nSPS) is 20.2. The van der Waals surface area contributed by atoms with Crippen LogP contribution < -0.4 is 21.3 Å². The van der Waals surface area contributed by atoms with Crippen LogP contribution in [-0.4, -0.2) is 93.2 Å². The van der Waals surface area contributed by atoms with Crippen LogP contribution in [0.2, 0.25) is 0 Å². The molecule has 1 atom stereocenters. The van der Waals surface area contributed by atoms with Gasteiger partial charge in [0, 0.05) is 42.2 Å². The van der Waals surface area contributed by atoms with Gasteiger partial charge in [-0.05, 0) is 136 Å². The summed E-state index contributed by atoms with van der Waals surface area (Å²) in [6.45, 7) is 2.32. The highest BCUT2D eigenvalue weighted by molar-refractivity contribution is 5.98. The Kier molecular flexibility index (Phi) is 13.1. The zero-order chi connectivity index (χ0) is 39.8. The summed E-state index contributed by atoms with van der Waals surface area (Å²) in [6, 6.07) is 17.3. The average molecular weight is 768 g/mol. The maximum Gasteiger partial charge on any atom is 0.404 e. The molecule has 0 aliphatic heterocycles. The second-order valence-corrected chi connectivity index (χ2v) is 15.3. The lowest BCUT2D eigenvalue weighted by Gasteiger charge is -2.33. The lowest BCUT2D eigenvalue weighted by Crippen LogP contribution is -2.48. The van der Waals surface area contributed by atoms with Crippen LogP contribution in [0.15, 0.2) is 60.7 Å². The first-order valence-corrected chi connectivity index (χ1v) is 19.2. The van der Waals surface area contributed by atoms with Gasteiger partial charge in [0.2, 0.25) is 17.6 Å². The molecule has 56 heavy (non-hydrogen) atoms. The number of aryl methyl sites for hydroxylation is 1. The number of aromatic nitrogens is 4. The van der Waals surface area contributed by atoms with E-state index in [0.29, 0.717) is 43.8 Å². The van der Waals surface area contributed by atoms with Gasteiger partial charge in [0.15, 0.2) is 0 Å². The van der Waals surface area contributed by atoms with E-state index in [1.54, 1.807) is 0 Å². The SMILES string of the molecule is Cc1cc(C(=O)NC2CCC(N(C)C)CC2)ccc1-c1ccc(C[C@H](NC(=O)[C@H]2CC[C@H](CNC(=O)O)CC2)C(=O)Nc2ccc(-c3nn[nH]n3)c(F)c2)cc1. The maximum absolute atomic E-state index is 15.0. The number of carbonyl (C=O) groups excluding carboxylic acids is 3. The Morgan fingerprint density at radius 1 is 0.911 bits per heavy atom. The van der Waals surface area contributed by atoms with Gasteiger partial charge < -0.3 is 31.3 Å². The number of halogens is 1. The van der Waals surface area contributed by atoms with E-state index in [1.807, 2.05) is 49.4 Å². The van der Waals surface area contributed by atoms with Gasteiger partial charge in [0.25, 0.3) is 5.91 Å². The van der Waals surface area contributed by atoms with E-state index < -0.39 is 23.9 Å². The topological polar surface area (TPSA) is 194 Å². The fraction of sp³-hybridized carbons (Fsp3) is 0.439. The van der Waals surface area contributed by atoms with Crippen molar-refractivity contribution in [3.63, 3.8) is 0 Å². The number of carboxylic acid groups (broad SMARTS) is 1. The molecule has 4 aromatic rings. The van der Waals surface area contributed by atoms with Crippen LogP contribution in [0.5, 0.6) is 0 Å². The summed E-state index contributed by atoms with van der Waals surface area (Å²) >= 11 is 0. The Morgan fingerprint density at radius 2 is 1.62 bits per heavy atom. The van der Waals surface area contributed by atoms with Crippen LogP contribution in [-0.2, 0) is 16.0 Å². The van der Waals surface area contributed by atoms with Gasteiger partial charge in [0.1, 0.15) is 11.9 Å². The zero-order valence-corrected chi connectivity index (χ0v) is 32.0. The summed E-state index contributed by atoms with van der Waals surface area (Å²) in [7, 11) is 4.21. The van der Waals surface area contributed by atoms with Crippen LogP contribution in [0, 0.1) is 24.6 Å². The number of tetrazole rings is 1. The number of rotatable bonds is 13. The van der Waals surface area contributed by atoms with E-state index >= 15 is 0 Å². The summed E-state index contributed by atoms with van der Waals surface area (Å²) < 4.78 is 15.0. The second kappa shape index (κ2) is 18.3. The highest BCUT2D eigenvalue weighted by Crippen LogP contribution is 2.30. The van der Waals surface area contributed by atoms with Crippen molar-refractivity contribution in [2.45, 2.75) is 82.8 Å². The van der Waals surface area contributed by atoms with E-state index in [-0.39, 0.29) is 53.2 Å². The number of anilines is 1. The molecule has 0 radical (unpaired) electrons. The Morgan fingerprint density at radius 3 is 2.25 bits per heavy atom. The Labute approximate surface area is 325 Å². The molecule has 2 fully saturated rings. The van der Waals surface area contributed by atoms with Gasteiger partial charge in [0.05, 0.1) is 5.56 Å². The minimum atomic E-state index is -1.07. The van der Waals surface area contributed by atoms with Crippen LogP contribution in [0.1, 0.15) is 72.9 Å². The number of benzene rings is 3. The van der Waals surface area contributed by atoms with Crippen molar-refractivity contribution in [2.75, 3.05) is 26.0 Å². The molecule has 4 amide bonds. The van der Waals surface area contributed by atoms with Gasteiger partial charge in [-0.1, -0.05) is 30.3 Å². The third-order valence-electron chi connectivity index (χ3n) is 11.2. The average Bonchev–Trinajstić information content (AvgIpc) is 3.72. The maximum atomic E-state index is 15.0. The van der Waals surface area contributed by atoms with Crippen LogP contribution in [0.3, 0.4) is 0 Å². The van der Waals surface area contributed by atoms with Crippen molar-refractivity contribution < 1.29 is 28.7 Å². The first kappa shape index (κ1) is 40.0. The van der Waals surface area contributed by atoms with Gasteiger partial charge in [-0.2, -0.15) is 5.21 Å². The zero-order valence-electron chi connectivity index (χ0n) is 32.0. The predicted molar refractivity (Wildman–Crippen MR) is 209 cm³/mol. The van der Waals surface area contributed by atoms with E-state index in [9.17, 15) is 23.6 Å².